The normalized spacial score (nSPS) is 10.7. The molecule has 0 heterocycles. The average molecular weight is 220 g/mol. The van der Waals surface area contributed by atoms with E-state index in [4.69, 9.17) is 15.3 Å². The quantitative estimate of drug-likeness (QED) is 0.518. The maximum atomic E-state index is 10.6. The van der Waals surface area contributed by atoms with E-state index in [1.54, 1.807) is 7.05 Å². The Morgan fingerprint density at radius 3 is 2.50 bits per heavy atom. The Kier molecular flexibility index (Phi) is 4.08. The third kappa shape index (κ3) is 3.13. The minimum atomic E-state index is -0.982. The molecule has 3 N–H and O–H groups in total. The topological polar surface area (TPSA) is 82.4 Å². The number of hydrogen-bond acceptors (Lipinski definition) is 4. The molecule has 0 aliphatic rings. The first-order chi connectivity index (χ1) is 7.67. The summed E-state index contributed by atoms with van der Waals surface area (Å²) in [5.41, 5.74) is 0.196. The largest absolute Gasteiger partial charge is 0.478 e. The van der Waals surface area contributed by atoms with Gasteiger partial charge in [0.15, 0.2) is 5.76 Å². The van der Waals surface area contributed by atoms with Gasteiger partial charge in [-0.25, -0.2) is 4.79 Å². The van der Waals surface area contributed by atoms with E-state index in [2.05, 4.69) is 5.32 Å². The maximum absolute atomic E-state index is 10.6. The van der Waals surface area contributed by atoms with Gasteiger partial charge < -0.3 is 20.6 Å². The highest BCUT2D eigenvalue weighted by Gasteiger charge is 2.02. The molecule has 1 aromatic carbocycles. The second kappa shape index (κ2) is 5.55. The van der Waals surface area contributed by atoms with E-state index in [1.165, 1.54) is 30.5 Å². The Labute approximate surface area is 92.9 Å². The molecule has 0 unspecified atom stereocenters. The Balaban J connectivity index is 2.79. The molecule has 0 bridgehead atoms. The molecule has 1 rings (SSSR count). The first-order valence-electron chi connectivity index (χ1n) is 4.56. The van der Waals surface area contributed by atoms with Crippen LogP contribution in [0.3, 0.4) is 0 Å². The first kappa shape index (κ1) is 11.8. The van der Waals surface area contributed by atoms with Gasteiger partial charge in [0.1, 0.15) is 5.75 Å². The van der Waals surface area contributed by atoms with Gasteiger partial charge in [-0.05, 0) is 24.3 Å². The van der Waals surface area contributed by atoms with E-state index >= 15 is 0 Å². The zero-order valence-corrected chi connectivity index (χ0v) is 8.73. The fourth-order valence-electron chi connectivity index (χ4n) is 1.04. The van der Waals surface area contributed by atoms with E-state index in [0.717, 1.165) is 6.21 Å². The second-order valence-electron chi connectivity index (χ2n) is 2.91. The summed E-state index contributed by atoms with van der Waals surface area (Å²) in [7, 11) is 1.69. The predicted octanol–water partition coefficient (Wildman–Crippen LogP) is 1.47. The molecule has 16 heavy (non-hydrogen) atoms. The molecule has 1 aromatic rings. The van der Waals surface area contributed by atoms with Crippen molar-refractivity contribution < 1.29 is 14.6 Å². The fourth-order valence-corrected chi connectivity index (χ4v) is 1.04. The van der Waals surface area contributed by atoms with Crippen LogP contribution in [0.1, 0.15) is 10.4 Å². The summed E-state index contributed by atoms with van der Waals surface area (Å²) < 4.78 is 5.30. The van der Waals surface area contributed by atoms with E-state index < -0.39 is 5.97 Å². The van der Waals surface area contributed by atoms with Crippen molar-refractivity contribution in [3.63, 3.8) is 0 Å². The van der Waals surface area contributed by atoms with Gasteiger partial charge in [-0.15, -0.1) is 0 Å². The molecule has 5 nitrogen and oxygen atoms in total. The summed E-state index contributed by atoms with van der Waals surface area (Å²) in [5, 5.41) is 18.5. The number of aromatic carboxylic acids is 1. The summed E-state index contributed by atoms with van der Waals surface area (Å²) in [6.07, 6.45) is 2.58. The monoisotopic (exact) mass is 220 g/mol. The van der Waals surface area contributed by atoms with Crippen LogP contribution in [-0.4, -0.2) is 24.3 Å². The van der Waals surface area contributed by atoms with Crippen LogP contribution in [-0.2, 0) is 0 Å². The lowest BCUT2D eigenvalue weighted by Gasteiger charge is -2.05. The van der Waals surface area contributed by atoms with Crippen LogP contribution in [0.15, 0.2) is 36.2 Å². The minimum Gasteiger partial charge on any atom is -0.478 e. The molecule has 84 valence electrons. The molecule has 0 amide bonds. The number of rotatable bonds is 5. The van der Waals surface area contributed by atoms with Crippen molar-refractivity contribution >= 4 is 12.2 Å². The molecule has 0 saturated heterocycles. The van der Waals surface area contributed by atoms with E-state index in [9.17, 15) is 4.79 Å². The van der Waals surface area contributed by atoms with Gasteiger partial charge in [-0.3, -0.25) is 0 Å². The van der Waals surface area contributed by atoms with Crippen molar-refractivity contribution in [2.75, 3.05) is 7.05 Å². The number of carboxylic acid groups (broad SMARTS) is 1. The van der Waals surface area contributed by atoms with Crippen molar-refractivity contribution in [2.24, 2.45) is 0 Å². The zero-order chi connectivity index (χ0) is 12.0. The number of benzene rings is 1. The van der Waals surface area contributed by atoms with Crippen LogP contribution in [0.25, 0.3) is 0 Å². The SMILES string of the molecule is CN/C=C(\C=N)Oc1ccc(C(=O)O)cc1. The third-order valence-corrected chi connectivity index (χ3v) is 1.77. The number of ether oxygens (including phenoxy) is 1. The summed E-state index contributed by atoms with van der Waals surface area (Å²) in [6, 6.07) is 5.96. The van der Waals surface area contributed by atoms with Gasteiger partial charge >= 0.3 is 5.97 Å². The Bertz CT molecular complexity index is 410. The molecular formula is C11H12N2O3. The lowest BCUT2D eigenvalue weighted by Crippen LogP contribution is -2.03. The minimum absolute atomic E-state index is 0.196. The maximum Gasteiger partial charge on any atom is 0.335 e. The Hall–Kier alpha value is -2.30. The lowest BCUT2D eigenvalue weighted by atomic mass is 10.2. The summed E-state index contributed by atoms with van der Waals surface area (Å²) in [5.74, 6) is -0.162. The van der Waals surface area contributed by atoms with Crippen LogP contribution in [0.5, 0.6) is 5.75 Å². The molecule has 0 aliphatic carbocycles. The van der Waals surface area contributed by atoms with E-state index in [-0.39, 0.29) is 5.56 Å². The van der Waals surface area contributed by atoms with Gasteiger partial charge in [-0.1, -0.05) is 0 Å². The zero-order valence-electron chi connectivity index (χ0n) is 8.73. The number of nitrogens with one attached hydrogen (secondary N) is 2. The van der Waals surface area contributed by atoms with Crippen molar-refractivity contribution in [3.05, 3.63) is 41.8 Å². The molecular weight excluding hydrogens is 208 g/mol. The third-order valence-electron chi connectivity index (χ3n) is 1.77. The standard InChI is InChI=1S/C11H12N2O3/c1-13-7-10(6-12)16-9-4-2-8(3-5-9)11(14)15/h2-7,12-13H,1H3,(H,14,15)/b10-7+,12-6?. The van der Waals surface area contributed by atoms with Crippen molar-refractivity contribution in [1.82, 2.24) is 5.32 Å². The molecule has 5 heteroatoms. The number of carboxylic acids is 1. The molecule has 0 radical (unpaired) electrons. The van der Waals surface area contributed by atoms with Crippen molar-refractivity contribution in [3.8, 4) is 5.75 Å². The van der Waals surface area contributed by atoms with Crippen LogP contribution >= 0.6 is 0 Å². The highest BCUT2D eigenvalue weighted by molar-refractivity contribution is 5.87. The summed E-state index contributed by atoms with van der Waals surface area (Å²) in [4.78, 5) is 10.6. The summed E-state index contributed by atoms with van der Waals surface area (Å²) >= 11 is 0. The Morgan fingerprint density at radius 1 is 1.44 bits per heavy atom. The van der Waals surface area contributed by atoms with E-state index in [0.29, 0.717) is 11.5 Å². The molecule has 0 aromatic heterocycles. The predicted molar refractivity (Wildman–Crippen MR) is 60.0 cm³/mol. The molecule has 0 spiro atoms. The van der Waals surface area contributed by atoms with Gasteiger partial charge in [0.2, 0.25) is 0 Å². The van der Waals surface area contributed by atoms with Crippen LogP contribution in [0.4, 0.5) is 0 Å². The van der Waals surface area contributed by atoms with Gasteiger partial charge in [0, 0.05) is 13.2 Å². The number of allylic oxidation sites excluding steroid dienone is 1. The fraction of sp³-hybridized carbons (Fsp3) is 0.0909. The molecule has 0 aliphatic heterocycles. The number of carbonyl (C=O) groups is 1. The molecule has 0 fully saturated rings. The first-order valence-corrected chi connectivity index (χ1v) is 4.56. The van der Waals surface area contributed by atoms with Gasteiger partial charge in [-0.2, -0.15) is 0 Å². The van der Waals surface area contributed by atoms with Crippen LogP contribution < -0.4 is 10.1 Å². The van der Waals surface area contributed by atoms with Crippen LogP contribution in [0, 0.1) is 5.41 Å². The molecule has 0 saturated carbocycles. The smallest absolute Gasteiger partial charge is 0.335 e. The van der Waals surface area contributed by atoms with Crippen LogP contribution in [0.2, 0.25) is 0 Å². The highest BCUT2D eigenvalue weighted by Crippen LogP contribution is 2.14. The average Bonchev–Trinajstić information content (AvgIpc) is 2.29. The van der Waals surface area contributed by atoms with Gasteiger partial charge in [0.05, 0.1) is 11.8 Å². The second-order valence-corrected chi connectivity index (χ2v) is 2.91. The number of hydrogen-bond donors (Lipinski definition) is 3. The van der Waals surface area contributed by atoms with Gasteiger partial charge in [0.25, 0.3) is 0 Å². The summed E-state index contributed by atoms with van der Waals surface area (Å²) in [6.45, 7) is 0. The van der Waals surface area contributed by atoms with Crippen molar-refractivity contribution in [2.45, 2.75) is 0 Å². The molecule has 0 atom stereocenters. The Morgan fingerprint density at radius 2 is 2.06 bits per heavy atom. The highest BCUT2D eigenvalue weighted by atomic mass is 16.5. The van der Waals surface area contributed by atoms with E-state index in [1.807, 2.05) is 0 Å². The lowest BCUT2D eigenvalue weighted by molar-refractivity contribution is 0.0697. The van der Waals surface area contributed by atoms with Crippen molar-refractivity contribution in [1.29, 1.82) is 5.41 Å².